The van der Waals surface area contributed by atoms with Gasteiger partial charge in [0.05, 0.1) is 36.4 Å². The van der Waals surface area contributed by atoms with Crippen LogP contribution in [-0.2, 0) is 15.7 Å². The van der Waals surface area contributed by atoms with Crippen LogP contribution in [0.5, 0.6) is 0 Å². The Balaban J connectivity index is 1.44. The summed E-state index contributed by atoms with van der Waals surface area (Å²) in [5.41, 5.74) is 8.58. The number of halogens is 3. The van der Waals surface area contributed by atoms with Gasteiger partial charge in [-0.25, -0.2) is 0 Å². The molecule has 0 bridgehead atoms. The molecule has 0 aliphatic carbocycles. The van der Waals surface area contributed by atoms with Crippen LogP contribution in [0.25, 0.3) is 11.1 Å². The fourth-order valence-corrected chi connectivity index (χ4v) is 4.92. The third kappa shape index (κ3) is 7.92. The van der Waals surface area contributed by atoms with Crippen molar-refractivity contribution in [1.29, 1.82) is 0 Å². The fourth-order valence-electron chi connectivity index (χ4n) is 4.92. The highest BCUT2D eigenvalue weighted by molar-refractivity contribution is 5.89. The molecular weight excluding hydrogens is 531 g/mol. The quantitative estimate of drug-likeness (QED) is 0.421. The molecule has 2 N–H and O–H groups in total. The highest BCUT2D eigenvalue weighted by Crippen LogP contribution is 2.34. The van der Waals surface area contributed by atoms with Crippen molar-refractivity contribution in [2.24, 2.45) is 27.6 Å². The third-order valence-corrected chi connectivity index (χ3v) is 7.24. The van der Waals surface area contributed by atoms with Crippen molar-refractivity contribution >= 4 is 24.0 Å². The van der Waals surface area contributed by atoms with Gasteiger partial charge in [-0.15, -0.1) is 0 Å². The smallest absolute Gasteiger partial charge is 0.404 e. The number of carbonyl (C=O) groups excluding carboxylic acids is 1. The lowest BCUT2D eigenvalue weighted by molar-refractivity contribution is -0.137. The second-order valence-electron chi connectivity index (χ2n) is 10.7. The van der Waals surface area contributed by atoms with Crippen LogP contribution in [0, 0.1) is 18.8 Å². The van der Waals surface area contributed by atoms with Gasteiger partial charge < -0.3 is 20.3 Å². The van der Waals surface area contributed by atoms with Crippen molar-refractivity contribution in [2.75, 3.05) is 40.3 Å². The zero-order valence-corrected chi connectivity index (χ0v) is 23.5. The molecule has 10 heteroatoms. The van der Waals surface area contributed by atoms with Crippen LogP contribution in [0.1, 0.15) is 17.5 Å². The summed E-state index contributed by atoms with van der Waals surface area (Å²) in [5, 5.41) is 0. The van der Waals surface area contributed by atoms with Crippen LogP contribution in [0.3, 0.4) is 0 Å². The SMILES string of the molecule is Cc1ccc(-c2cccc(C(F)(F)F)c2)cc1N=CC(=CN)C1C=NC=CC1OCC1CCN(C(=O)CN(C)C)C1. The Hall–Kier alpha value is -3.76. The molecule has 41 heavy (non-hydrogen) atoms. The number of hydrogen-bond acceptors (Lipinski definition) is 6. The van der Waals surface area contributed by atoms with E-state index < -0.39 is 11.7 Å². The van der Waals surface area contributed by atoms with E-state index in [1.54, 1.807) is 36.8 Å². The molecule has 3 unspecified atom stereocenters. The molecule has 2 aliphatic heterocycles. The van der Waals surface area contributed by atoms with Crippen LogP contribution in [0.2, 0.25) is 0 Å². The van der Waals surface area contributed by atoms with Gasteiger partial charge in [0.2, 0.25) is 5.91 Å². The summed E-state index contributed by atoms with van der Waals surface area (Å²) in [6, 6.07) is 10.6. The minimum atomic E-state index is -4.42. The highest BCUT2D eigenvalue weighted by atomic mass is 19.4. The number of benzene rings is 2. The van der Waals surface area contributed by atoms with E-state index in [2.05, 4.69) is 9.98 Å². The third-order valence-electron chi connectivity index (χ3n) is 7.24. The average molecular weight is 568 g/mol. The van der Waals surface area contributed by atoms with Crippen LogP contribution in [0.15, 0.2) is 76.5 Å². The van der Waals surface area contributed by atoms with Gasteiger partial charge in [0.15, 0.2) is 0 Å². The Kier molecular flexibility index (Phi) is 9.77. The van der Waals surface area contributed by atoms with Crippen molar-refractivity contribution < 1.29 is 22.7 Å². The molecule has 1 fully saturated rings. The summed E-state index contributed by atoms with van der Waals surface area (Å²) in [6.45, 7) is 4.18. The summed E-state index contributed by atoms with van der Waals surface area (Å²) < 4.78 is 46.0. The van der Waals surface area contributed by atoms with Crippen molar-refractivity contribution in [3.05, 3.63) is 77.6 Å². The van der Waals surface area contributed by atoms with Gasteiger partial charge in [0.25, 0.3) is 0 Å². The molecule has 2 heterocycles. The van der Waals surface area contributed by atoms with Crippen molar-refractivity contribution in [3.63, 3.8) is 0 Å². The lowest BCUT2D eigenvalue weighted by Gasteiger charge is -2.26. The minimum absolute atomic E-state index is 0.122. The second-order valence-corrected chi connectivity index (χ2v) is 10.7. The molecule has 4 rings (SSSR count). The maximum Gasteiger partial charge on any atom is 0.416 e. The van der Waals surface area contributed by atoms with Crippen LogP contribution >= 0.6 is 0 Å². The maximum atomic E-state index is 13.2. The number of aryl methyl sites for hydroxylation is 1. The van der Waals surface area contributed by atoms with E-state index in [0.717, 1.165) is 30.7 Å². The predicted molar refractivity (Wildman–Crippen MR) is 156 cm³/mol. The Morgan fingerprint density at radius 1 is 1.22 bits per heavy atom. The summed E-state index contributed by atoms with van der Waals surface area (Å²) >= 11 is 0. The number of carbonyl (C=O) groups is 1. The van der Waals surface area contributed by atoms with Crippen LogP contribution in [0.4, 0.5) is 18.9 Å². The lowest BCUT2D eigenvalue weighted by atomic mass is 9.93. The molecule has 3 atom stereocenters. The van der Waals surface area contributed by atoms with E-state index >= 15 is 0 Å². The van der Waals surface area contributed by atoms with E-state index in [1.165, 1.54) is 12.3 Å². The highest BCUT2D eigenvalue weighted by Gasteiger charge is 2.31. The van der Waals surface area contributed by atoms with E-state index in [0.29, 0.717) is 42.1 Å². The van der Waals surface area contributed by atoms with Crippen LogP contribution < -0.4 is 5.73 Å². The summed E-state index contributed by atoms with van der Waals surface area (Å²) in [5.74, 6) is 0.0971. The number of hydrogen-bond donors (Lipinski definition) is 1. The first-order chi connectivity index (χ1) is 19.5. The molecule has 2 aliphatic rings. The van der Waals surface area contributed by atoms with E-state index in [1.807, 2.05) is 43.0 Å². The number of ether oxygens (including phenoxy) is 1. The Bertz CT molecular complexity index is 1350. The van der Waals surface area contributed by atoms with Crippen LogP contribution in [-0.4, -0.2) is 74.6 Å². The molecule has 2 aromatic rings. The summed E-state index contributed by atoms with van der Waals surface area (Å²) in [6.07, 6.45) is 4.62. The number of likely N-dealkylation sites (tertiary alicyclic amines) is 1. The van der Waals surface area contributed by atoms with Gasteiger partial charge in [-0.3, -0.25) is 14.8 Å². The first kappa shape index (κ1) is 30.2. The minimum Gasteiger partial charge on any atom is -0.404 e. The molecule has 1 saturated heterocycles. The molecule has 1 amide bonds. The summed E-state index contributed by atoms with van der Waals surface area (Å²) in [7, 11) is 3.76. The normalized spacial score (nSPS) is 21.4. The maximum absolute atomic E-state index is 13.2. The monoisotopic (exact) mass is 567 g/mol. The molecule has 2 aromatic carbocycles. The Morgan fingerprint density at radius 2 is 2.00 bits per heavy atom. The number of alkyl halides is 3. The van der Waals surface area contributed by atoms with Crippen molar-refractivity contribution in [1.82, 2.24) is 9.80 Å². The molecular formula is C31H36F3N5O2. The zero-order valence-electron chi connectivity index (χ0n) is 23.5. The predicted octanol–water partition coefficient (Wildman–Crippen LogP) is 5.24. The molecule has 0 aromatic heterocycles. The molecule has 218 valence electrons. The topological polar surface area (TPSA) is 83.5 Å². The Morgan fingerprint density at radius 3 is 2.73 bits per heavy atom. The zero-order chi connectivity index (χ0) is 29.6. The number of rotatable bonds is 9. The Labute approximate surface area is 238 Å². The second kappa shape index (κ2) is 13.3. The number of likely N-dealkylation sites (N-methyl/N-ethyl adjacent to an activating group) is 1. The average Bonchev–Trinajstić information content (AvgIpc) is 3.42. The number of aliphatic imine (C=N–C) groups is 2. The lowest BCUT2D eigenvalue weighted by Crippen LogP contribution is -2.36. The first-order valence-corrected chi connectivity index (χ1v) is 13.5. The molecule has 7 nitrogen and oxygen atoms in total. The summed E-state index contributed by atoms with van der Waals surface area (Å²) in [4.78, 5) is 25.1. The van der Waals surface area contributed by atoms with Crippen molar-refractivity contribution in [3.8, 4) is 11.1 Å². The molecule has 0 spiro atoms. The van der Waals surface area contributed by atoms with Crippen molar-refractivity contribution in [2.45, 2.75) is 25.6 Å². The standard InChI is InChI=1S/C31H36F3N5O2/c1-21-7-8-24(23-5-4-6-26(13-23)31(32,33)34)14-28(21)37-16-25(15-35)27-17-36-11-9-29(27)41-20-22-10-12-39(18-22)30(40)19-38(2)3/h4-9,11,13-17,22,27,29H,10,12,18-20,35H2,1-3H3. The number of amides is 1. The van der Waals surface area contributed by atoms with Gasteiger partial charge >= 0.3 is 6.18 Å². The number of nitrogens with zero attached hydrogens (tertiary/aromatic N) is 4. The van der Waals surface area contributed by atoms with Gasteiger partial charge in [0, 0.05) is 37.6 Å². The van der Waals surface area contributed by atoms with E-state index in [9.17, 15) is 18.0 Å². The number of nitrogens with two attached hydrogens (primary N) is 1. The van der Waals surface area contributed by atoms with Gasteiger partial charge in [-0.1, -0.05) is 24.3 Å². The molecule has 0 saturated carbocycles. The first-order valence-electron chi connectivity index (χ1n) is 13.5. The molecule has 0 radical (unpaired) electrons. The van der Waals surface area contributed by atoms with E-state index in [-0.39, 0.29) is 23.8 Å². The fraction of sp³-hybridized carbons (Fsp3) is 0.387. The largest absolute Gasteiger partial charge is 0.416 e. The van der Waals surface area contributed by atoms with Gasteiger partial charge in [-0.05, 0) is 80.2 Å². The van der Waals surface area contributed by atoms with Gasteiger partial charge in [0.1, 0.15) is 0 Å². The van der Waals surface area contributed by atoms with Gasteiger partial charge in [-0.2, -0.15) is 13.2 Å². The van der Waals surface area contributed by atoms with E-state index in [4.69, 9.17) is 10.5 Å².